The summed E-state index contributed by atoms with van der Waals surface area (Å²) in [5.74, 6) is -1.58. The van der Waals surface area contributed by atoms with E-state index < -0.39 is 21.9 Å². The average molecular weight is 382 g/mol. The second-order valence-corrected chi connectivity index (χ2v) is 8.75. The van der Waals surface area contributed by atoms with Crippen molar-refractivity contribution < 1.29 is 23.1 Å². The van der Waals surface area contributed by atoms with Crippen LogP contribution in [0.1, 0.15) is 38.2 Å². The number of rotatable bonds is 8. The Balaban J connectivity index is 1.93. The molecule has 2 unspecified atom stereocenters. The number of carbonyl (C=O) groups is 2. The van der Waals surface area contributed by atoms with Gasteiger partial charge in [-0.3, -0.25) is 9.59 Å². The van der Waals surface area contributed by atoms with Gasteiger partial charge in [-0.25, -0.2) is 12.7 Å². The van der Waals surface area contributed by atoms with Crippen molar-refractivity contribution in [3.8, 4) is 0 Å². The third-order valence-corrected chi connectivity index (χ3v) is 6.34. The highest BCUT2D eigenvalue weighted by atomic mass is 32.2. The Hall–Kier alpha value is -1.93. The van der Waals surface area contributed by atoms with Crippen LogP contribution in [-0.4, -0.2) is 48.8 Å². The van der Waals surface area contributed by atoms with Gasteiger partial charge in [-0.05, 0) is 31.7 Å². The van der Waals surface area contributed by atoms with Gasteiger partial charge in [0.2, 0.25) is 15.9 Å². The van der Waals surface area contributed by atoms with E-state index in [2.05, 4.69) is 5.32 Å². The standard InChI is InChI=1S/C18H26N2O5S/c1-14(9-10-17(21)22)19-18(23)16-8-5-11-20(12-16)26(24,25)13-15-6-3-2-4-7-15/h2-4,6-7,14,16H,5,8-13H2,1H3,(H,19,23)(H,21,22). The third kappa shape index (κ3) is 6.10. The van der Waals surface area contributed by atoms with Crippen molar-refractivity contribution >= 4 is 21.9 Å². The summed E-state index contributed by atoms with van der Waals surface area (Å²) in [6, 6.07) is 8.73. The number of benzene rings is 1. The highest BCUT2D eigenvalue weighted by molar-refractivity contribution is 7.88. The molecule has 2 N–H and O–H groups in total. The molecule has 0 radical (unpaired) electrons. The van der Waals surface area contributed by atoms with Crippen LogP contribution in [0.4, 0.5) is 0 Å². The van der Waals surface area contributed by atoms with Gasteiger partial charge in [-0.1, -0.05) is 30.3 Å². The molecule has 0 spiro atoms. The number of carboxylic acid groups (broad SMARTS) is 1. The molecule has 1 fully saturated rings. The first-order valence-electron chi connectivity index (χ1n) is 8.82. The molecule has 1 aromatic rings. The summed E-state index contributed by atoms with van der Waals surface area (Å²) in [5, 5.41) is 11.5. The molecule has 1 amide bonds. The molecular formula is C18H26N2O5S. The van der Waals surface area contributed by atoms with Crippen molar-refractivity contribution in [1.82, 2.24) is 9.62 Å². The third-order valence-electron chi connectivity index (χ3n) is 4.52. The fourth-order valence-corrected chi connectivity index (χ4v) is 4.67. The zero-order chi connectivity index (χ0) is 19.2. The lowest BCUT2D eigenvalue weighted by Crippen LogP contribution is -2.47. The van der Waals surface area contributed by atoms with E-state index in [9.17, 15) is 18.0 Å². The van der Waals surface area contributed by atoms with E-state index in [1.54, 1.807) is 31.2 Å². The van der Waals surface area contributed by atoms with E-state index in [1.165, 1.54) is 4.31 Å². The second kappa shape index (κ2) is 9.14. The van der Waals surface area contributed by atoms with Crippen LogP contribution in [0.2, 0.25) is 0 Å². The Bertz CT molecular complexity index is 720. The maximum atomic E-state index is 12.7. The molecular weight excluding hydrogens is 356 g/mol. The summed E-state index contributed by atoms with van der Waals surface area (Å²) in [4.78, 5) is 23.0. The van der Waals surface area contributed by atoms with Crippen molar-refractivity contribution in [2.24, 2.45) is 5.92 Å². The number of piperidine rings is 1. The normalized spacial score (nSPS) is 19.7. The van der Waals surface area contributed by atoms with Crippen molar-refractivity contribution in [3.05, 3.63) is 35.9 Å². The van der Waals surface area contributed by atoms with E-state index >= 15 is 0 Å². The van der Waals surface area contributed by atoms with Crippen LogP contribution in [0.5, 0.6) is 0 Å². The molecule has 8 heteroatoms. The number of nitrogens with one attached hydrogen (secondary N) is 1. The number of nitrogens with zero attached hydrogens (tertiary/aromatic N) is 1. The molecule has 1 heterocycles. The Morgan fingerprint density at radius 2 is 2.00 bits per heavy atom. The van der Waals surface area contributed by atoms with Crippen LogP contribution in [0.3, 0.4) is 0 Å². The van der Waals surface area contributed by atoms with Crippen molar-refractivity contribution in [1.29, 1.82) is 0 Å². The Morgan fingerprint density at radius 3 is 2.65 bits per heavy atom. The molecule has 0 aliphatic carbocycles. The molecule has 2 rings (SSSR count). The minimum Gasteiger partial charge on any atom is -0.481 e. The Kier molecular flexibility index (Phi) is 7.16. The predicted octanol–water partition coefficient (Wildman–Crippen LogP) is 1.60. The maximum Gasteiger partial charge on any atom is 0.303 e. The summed E-state index contributed by atoms with van der Waals surface area (Å²) in [5.41, 5.74) is 0.723. The van der Waals surface area contributed by atoms with Gasteiger partial charge in [-0.2, -0.15) is 0 Å². The van der Waals surface area contributed by atoms with Crippen molar-refractivity contribution in [3.63, 3.8) is 0 Å². The van der Waals surface area contributed by atoms with Gasteiger partial charge in [0.1, 0.15) is 0 Å². The van der Waals surface area contributed by atoms with Crippen molar-refractivity contribution in [2.45, 2.75) is 44.4 Å². The smallest absolute Gasteiger partial charge is 0.303 e. The monoisotopic (exact) mass is 382 g/mol. The molecule has 2 atom stereocenters. The average Bonchev–Trinajstić information content (AvgIpc) is 2.60. The largest absolute Gasteiger partial charge is 0.481 e. The number of aliphatic carboxylic acids is 1. The molecule has 7 nitrogen and oxygen atoms in total. The SMILES string of the molecule is CC(CCC(=O)O)NC(=O)C1CCCN(S(=O)(=O)Cc2ccccc2)C1. The van der Waals surface area contributed by atoms with Crippen LogP contribution in [0.15, 0.2) is 30.3 Å². The van der Waals surface area contributed by atoms with Gasteiger partial charge < -0.3 is 10.4 Å². The van der Waals surface area contributed by atoms with Gasteiger partial charge in [-0.15, -0.1) is 0 Å². The molecule has 0 saturated carbocycles. The van der Waals surface area contributed by atoms with Crippen LogP contribution in [-0.2, 0) is 25.4 Å². The summed E-state index contributed by atoms with van der Waals surface area (Å²) in [7, 11) is -3.48. The molecule has 1 saturated heterocycles. The number of carbonyl (C=O) groups excluding carboxylic acids is 1. The van der Waals surface area contributed by atoms with E-state index in [-0.39, 0.29) is 30.7 Å². The van der Waals surface area contributed by atoms with Gasteiger partial charge >= 0.3 is 5.97 Å². The molecule has 0 bridgehead atoms. The van der Waals surface area contributed by atoms with Crippen LogP contribution < -0.4 is 5.32 Å². The predicted molar refractivity (Wildman–Crippen MR) is 97.8 cm³/mol. The topological polar surface area (TPSA) is 104 Å². The van der Waals surface area contributed by atoms with Gasteiger partial charge in [0.15, 0.2) is 0 Å². The lowest BCUT2D eigenvalue weighted by Gasteiger charge is -2.32. The summed E-state index contributed by atoms with van der Waals surface area (Å²) < 4.78 is 26.7. The molecule has 1 aliphatic heterocycles. The number of carboxylic acids is 1. The minimum absolute atomic E-state index is 0.0102. The summed E-state index contributed by atoms with van der Waals surface area (Å²) >= 11 is 0. The lowest BCUT2D eigenvalue weighted by atomic mass is 9.98. The van der Waals surface area contributed by atoms with Crippen molar-refractivity contribution in [2.75, 3.05) is 13.1 Å². The number of hydrogen-bond acceptors (Lipinski definition) is 4. The molecule has 0 aromatic heterocycles. The fourth-order valence-electron chi connectivity index (χ4n) is 3.06. The first-order chi connectivity index (χ1) is 12.3. The zero-order valence-corrected chi connectivity index (χ0v) is 15.7. The van der Waals surface area contributed by atoms with E-state index in [4.69, 9.17) is 5.11 Å². The van der Waals surface area contributed by atoms with E-state index in [0.717, 1.165) is 5.56 Å². The van der Waals surface area contributed by atoms with Crippen LogP contribution in [0.25, 0.3) is 0 Å². The minimum atomic E-state index is -3.48. The van der Waals surface area contributed by atoms with Gasteiger partial charge in [0, 0.05) is 25.6 Å². The first kappa shape index (κ1) is 20.4. The molecule has 1 aliphatic rings. The second-order valence-electron chi connectivity index (χ2n) is 6.78. The quantitative estimate of drug-likeness (QED) is 0.711. The Morgan fingerprint density at radius 1 is 1.31 bits per heavy atom. The number of amides is 1. The molecule has 144 valence electrons. The fraction of sp³-hybridized carbons (Fsp3) is 0.556. The zero-order valence-electron chi connectivity index (χ0n) is 14.9. The summed E-state index contributed by atoms with van der Waals surface area (Å²) in [6.45, 7) is 2.35. The number of sulfonamides is 1. The number of hydrogen-bond donors (Lipinski definition) is 2. The Labute approximate surface area is 154 Å². The first-order valence-corrected chi connectivity index (χ1v) is 10.4. The molecule has 1 aromatic carbocycles. The van der Waals surface area contributed by atoms with Crippen LogP contribution >= 0.6 is 0 Å². The van der Waals surface area contributed by atoms with Gasteiger partial charge in [0.25, 0.3) is 0 Å². The lowest BCUT2D eigenvalue weighted by molar-refractivity contribution is -0.137. The van der Waals surface area contributed by atoms with E-state index in [1.807, 2.05) is 6.07 Å². The highest BCUT2D eigenvalue weighted by Crippen LogP contribution is 2.22. The molecule has 26 heavy (non-hydrogen) atoms. The van der Waals surface area contributed by atoms with E-state index in [0.29, 0.717) is 25.8 Å². The maximum absolute atomic E-state index is 12.7. The van der Waals surface area contributed by atoms with Gasteiger partial charge in [0.05, 0.1) is 11.7 Å². The van der Waals surface area contributed by atoms with Crippen LogP contribution in [0, 0.1) is 5.92 Å². The highest BCUT2D eigenvalue weighted by Gasteiger charge is 2.32. The summed E-state index contributed by atoms with van der Waals surface area (Å²) in [6.07, 6.45) is 1.61.